The summed E-state index contributed by atoms with van der Waals surface area (Å²) in [7, 11) is 3.26. The summed E-state index contributed by atoms with van der Waals surface area (Å²) < 4.78 is 15.8. The zero-order chi connectivity index (χ0) is 16.1. The average molecular weight is 302 g/mol. The van der Waals surface area contributed by atoms with Gasteiger partial charge in [0, 0.05) is 39.4 Å². The lowest BCUT2D eigenvalue weighted by atomic mass is 9.90. The molecule has 0 spiro atoms. The van der Waals surface area contributed by atoms with E-state index in [1.807, 2.05) is 20.8 Å². The van der Waals surface area contributed by atoms with Crippen molar-refractivity contribution in [3.8, 4) is 0 Å². The Kier molecular flexibility index (Phi) is 6.43. The number of ether oxygens (including phenoxy) is 3. The Morgan fingerprint density at radius 2 is 1.76 bits per heavy atom. The molecule has 1 saturated heterocycles. The lowest BCUT2D eigenvalue weighted by molar-refractivity contribution is -0.103. The number of carbonyl (C=O) groups excluding carboxylic acids is 1. The van der Waals surface area contributed by atoms with Gasteiger partial charge in [-0.05, 0) is 40.5 Å². The highest BCUT2D eigenvalue weighted by atomic mass is 16.7. The van der Waals surface area contributed by atoms with Crippen LogP contribution in [0.1, 0.15) is 40.5 Å². The van der Waals surface area contributed by atoms with Crippen molar-refractivity contribution in [2.75, 3.05) is 33.9 Å². The van der Waals surface area contributed by atoms with Crippen LogP contribution in [-0.2, 0) is 14.2 Å². The number of piperidine rings is 1. The van der Waals surface area contributed by atoms with Gasteiger partial charge in [-0.15, -0.1) is 0 Å². The summed E-state index contributed by atoms with van der Waals surface area (Å²) in [5.74, 6) is 0. The van der Waals surface area contributed by atoms with Crippen LogP contribution in [0.15, 0.2) is 0 Å². The minimum Gasteiger partial charge on any atom is -0.444 e. The summed E-state index contributed by atoms with van der Waals surface area (Å²) in [6.07, 6.45) is 1.29. The van der Waals surface area contributed by atoms with E-state index >= 15 is 0 Å². The molecule has 1 aliphatic rings. The first-order valence-corrected chi connectivity index (χ1v) is 7.48. The second-order valence-corrected chi connectivity index (χ2v) is 6.81. The van der Waals surface area contributed by atoms with Crippen LogP contribution in [0.4, 0.5) is 4.79 Å². The van der Waals surface area contributed by atoms with E-state index in [0.717, 1.165) is 12.8 Å². The molecule has 0 aromatic carbocycles. The normalized spacial score (nSPS) is 18.9. The topological polar surface area (TPSA) is 60.0 Å². The average Bonchev–Trinajstić information content (AvgIpc) is 2.38. The van der Waals surface area contributed by atoms with E-state index in [0.29, 0.717) is 19.6 Å². The van der Waals surface area contributed by atoms with Crippen LogP contribution in [0, 0.1) is 0 Å². The smallest absolute Gasteiger partial charge is 0.410 e. The van der Waals surface area contributed by atoms with Crippen LogP contribution >= 0.6 is 0 Å². The first kappa shape index (κ1) is 18.2. The van der Waals surface area contributed by atoms with Gasteiger partial charge in [0.1, 0.15) is 5.60 Å². The predicted molar refractivity (Wildman–Crippen MR) is 81.3 cm³/mol. The van der Waals surface area contributed by atoms with Crippen molar-refractivity contribution in [1.29, 1.82) is 0 Å². The van der Waals surface area contributed by atoms with Gasteiger partial charge in [0.05, 0.1) is 0 Å². The van der Waals surface area contributed by atoms with Crippen molar-refractivity contribution in [2.45, 2.75) is 58.0 Å². The monoisotopic (exact) mass is 302 g/mol. The number of hydrogen-bond donors (Lipinski definition) is 1. The van der Waals surface area contributed by atoms with E-state index in [2.05, 4.69) is 12.2 Å². The molecule has 1 heterocycles. The molecule has 0 aromatic rings. The van der Waals surface area contributed by atoms with E-state index < -0.39 is 5.60 Å². The molecule has 1 aliphatic heterocycles. The van der Waals surface area contributed by atoms with Gasteiger partial charge in [-0.1, -0.05) is 0 Å². The van der Waals surface area contributed by atoms with Crippen LogP contribution in [0.2, 0.25) is 0 Å². The van der Waals surface area contributed by atoms with Crippen molar-refractivity contribution in [3.05, 3.63) is 0 Å². The van der Waals surface area contributed by atoms with Crippen LogP contribution in [0.25, 0.3) is 0 Å². The first-order chi connectivity index (χ1) is 9.69. The minimum absolute atomic E-state index is 0.00613. The predicted octanol–water partition coefficient (Wildman–Crippen LogP) is 1.98. The molecule has 1 amide bonds. The Bertz CT molecular complexity index is 329. The number of likely N-dealkylation sites (tertiary alicyclic amines) is 1. The summed E-state index contributed by atoms with van der Waals surface area (Å²) >= 11 is 0. The van der Waals surface area contributed by atoms with Crippen molar-refractivity contribution in [1.82, 2.24) is 10.2 Å². The van der Waals surface area contributed by atoms with Crippen LogP contribution in [-0.4, -0.2) is 62.3 Å². The third-order valence-corrected chi connectivity index (χ3v) is 3.74. The molecule has 0 saturated carbocycles. The van der Waals surface area contributed by atoms with Gasteiger partial charge in [0.2, 0.25) is 0 Å². The highest BCUT2D eigenvalue weighted by Gasteiger charge is 2.33. The van der Waals surface area contributed by atoms with Crippen molar-refractivity contribution < 1.29 is 19.0 Å². The Labute approximate surface area is 128 Å². The second-order valence-electron chi connectivity index (χ2n) is 6.81. The van der Waals surface area contributed by atoms with E-state index in [9.17, 15) is 4.79 Å². The molecule has 0 bridgehead atoms. The number of nitrogens with zero attached hydrogens (tertiary/aromatic N) is 1. The molecule has 6 nitrogen and oxygen atoms in total. The van der Waals surface area contributed by atoms with Crippen molar-refractivity contribution >= 4 is 6.09 Å². The fraction of sp³-hybridized carbons (Fsp3) is 0.933. The highest BCUT2D eigenvalue weighted by molar-refractivity contribution is 5.68. The third kappa shape index (κ3) is 6.20. The second kappa shape index (κ2) is 7.42. The Morgan fingerprint density at radius 1 is 1.24 bits per heavy atom. The molecule has 1 N–H and O–H groups in total. The molecule has 1 rings (SSSR count). The fourth-order valence-electron chi connectivity index (χ4n) is 2.28. The first-order valence-electron chi connectivity index (χ1n) is 7.48. The molecule has 124 valence electrons. The number of hydrogen-bond acceptors (Lipinski definition) is 5. The van der Waals surface area contributed by atoms with Gasteiger partial charge < -0.3 is 24.4 Å². The summed E-state index contributed by atoms with van der Waals surface area (Å²) in [5, 5.41) is 3.48. The molecular formula is C15H30N2O4. The SMILES string of the molecule is COC(CNC1(C)CCN(C(=O)OC(C)(C)C)CC1)OC. The van der Waals surface area contributed by atoms with Gasteiger partial charge in [-0.2, -0.15) is 0 Å². The molecule has 0 aromatic heterocycles. The lowest BCUT2D eigenvalue weighted by Gasteiger charge is -2.40. The summed E-state index contributed by atoms with van der Waals surface area (Å²) in [5.41, 5.74) is -0.450. The zero-order valence-corrected chi connectivity index (χ0v) is 14.2. The van der Waals surface area contributed by atoms with Crippen LogP contribution in [0.3, 0.4) is 0 Å². The quantitative estimate of drug-likeness (QED) is 0.787. The Balaban J connectivity index is 2.41. The van der Waals surface area contributed by atoms with Gasteiger partial charge in [0.25, 0.3) is 0 Å². The van der Waals surface area contributed by atoms with Crippen LogP contribution in [0.5, 0.6) is 0 Å². The van der Waals surface area contributed by atoms with Crippen molar-refractivity contribution in [2.24, 2.45) is 0 Å². The molecule has 21 heavy (non-hydrogen) atoms. The van der Waals surface area contributed by atoms with Gasteiger partial charge in [0.15, 0.2) is 6.29 Å². The maximum Gasteiger partial charge on any atom is 0.410 e. The fourth-order valence-corrected chi connectivity index (χ4v) is 2.28. The molecule has 6 heteroatoms. The van der Waals surface area contributed by atoms with Gasteiger partial charge in [-0.25, -0.2) is 4.79 Å². The van der Waals surface area contributed by atoms with Gasteiger partial charge in [-0.3, -0.25) is 0 Å². The number of carbonyl (C=O) groups is 1. The van der Waals surface area contributed by atoms with Crippen molar-refractivity contribution in [3.63, 3.8) is 0 Å². The Morgan fingerprint density at radius 3 is 2.19 bits per heavy atom. The number of nitrogens with one attached hydrogen (secondary N) is 1. The Hall–Kier alpha value is -0.850. The number of amides is 1. The largest absolute Gasteiger partial charge is 0.444 e. The number of methoxy groups -OCH3 is 2. The lowest BCUT2D eigenvalue weighted by Crippen LogP contribution is -2.54. The molecular weight excluding hydrogens is 272 g/mol. The maximum atomic E-state index is 12.0. The maximum absolute atomic E-state index is 12.0. The standard InChI is InChI=1S/C15H30N2O4/c1-14(2,3)21-13(18)17-9-7-15(4,8-10-17)16-11-12(19-5)20-6/h12,16H,7-11H2,1-6H3. The highest BCUT2D eigenvalue weighted by Crippen LogP contribution is 2.23. The minimum atomic E-state index is -0.444. The molecule has 0 atom stereocenters. The van der Waals surface area contributed by atoms with Crippen LogP contribution < -0.4 is 5.32 Å². The molecule has 0 radical (unpaired) electrons. The van der Waals surface area contributed by atoms with E-state index in [1.165, 1.54) is 0 Å². The molecule has 0 unspecified atom stereocenters. The summed E-state index contributed by atoms with van der Waals surface area (Å²) in [6, 6.07) is 0. The zero-order valence-electron chi connectivity index (χ0n) is 14.2. The summed E-state index contributed by atoms with van der Waals surface area (Å²) in [4.78, 5) is 13.8. The summed E-state index contributed by atoms with van der Waals surface area (Å²) in [6.45, 7) is 9.85. The molecule has 1 fully saturated rings. The van der Waals surface area contributed by atoms with Gasteiger partial charge >= 0.3 is 6.09 Å². The third-order valence-electron chi connectivity index (χ3n) is 3.74. The van der Waals surface area contributed by atoms with E-state index in [1.54, 1.807) is 19.1 Å². The van der Waals surface area contributed by atoms with E-state index in [-0.39, 0.29) is 17.9 Å². The number of rotatable bonds is 5. The molecule has 0 aliphatic carbocycles. The van der Waals surface area contributed by atoms with E-state index in [4.69, 9.17) is 14.2 Å².